The molecule has 2 aromatic heterocycles. The number of nitrogens with zero attached hydrogens (tertiary/aromatic N) is 5. The molecule has 23 heavy (non-hydrogen) atoms. The van der Waals surface area contributed by atoms with Gasteiger partial charge in [0.15, 0.2) is 0 Å². The molecule has 2 aromatic rings. The number of anilines is 1. The number of hydrogen-bond acceptors (Lipinski definition) is 4. The molecule has 0 amide bonds. The Kier molecular flexibility index (Phi) is 3.43. The SMILES string of the molecule is CC(C)c1nccc(N2C3C=C(c4ccnn4C)CC2CC3)n1. The molecule has 2 unspecified atom stereocenters. The van der Waals surface area contributed by atoms with E-state index in [1.807, 2.05) is 24.1 Å². The van der Waals surface area contributed by atoms with Crippen LogP contribution in [0.25, 0.3) is 5.57 Å². The average Bonchev–Trinajstić information content (AvgIpc) is 3.08. The van der Waals surface area contributed by atoms with Crippen molar-refractivity contribution in [3.63, 3.8) is 0 Å². The molecular weight excluding hydrogens is 286 g/mol. The highest BCUT2D eigenvalue weighted by Crippen LogP contribution is 2.40. The highest BCUT2D eigenvalue weighted by Gasteiger charge is 2.38. The lowest BCUT2D eigenvalue weighted by molar-refractivity contribution is 0.636. The molecule has 1 saturated heterocycles. The van der Waals surface area contributed by atoms with Gasteiger partial charge in [0, 0.05) is 37.4 Å². The predicted octanol–water partition coefficient (Wildman–Crippen LogP) is 3.16. The van der Waals surface area contributed by atoms with Gasteiger partial charge in [-0.15, -0.1) is 0 Å². The van der Waals surface area contributed by atoms with Crippen molar-refractivity contribution < 1.29 is 0 Å². The molecule has 0 N–H and O–H groups in total. The molecule has 120 valence electrons. The second kappa shape index (κ2) is 5.48. The quantitative estimate of drug-likeness (QED) is 0.874. The minimum Gasteiger partial charge on any atom is -0.347 e. The first-order valence-corrected chi connectivity index (χ1v) is 8.44. The zero-order valence-corrected chi connectivity index (χ0v) is 14.0. The summed E-state index contributed by atoms with van der Waals surface area (Å²) < 4.78 is 1.97. The van der Waals surface area contributed by atoms with Crippen LogP contribution in [0.3, 0.4) is 0 Å². The van der Waals surface area contributed by atoms with Crippen molar-refractivity contribution in [1.82, 2.24) is 19.7 Å². The fraction of sp³-hybridized carbons (Fsp3) is 0.500. The molecule has 2 atom stereocenters. The van der Waals surface area contributed by atoms with Crippen molar-refractivity contribution >= 4 is 11.4 Å². The van der Waals surface area contributed by atoms with Gasteiger partial charge in [0.2, 0.25) is 0 Å². The maximum absolute atomic E-state index is 4.81. The Hall–Kier alpha value is -2.17. The largest absolute Gasteiger partial charge is 0.347 e. The smallest absolute Gasteiger partial charge is 0.133 e. The maximum atomic E-state index is 4.81. The second-order valence-corrected chi connectivity index (χ2v) is 6.87. The Morgan fingerprint density at radius 1 is 1.17 bits per heavy atom. The minimum atomic E-state index is 0.359. The summed E-state index contributed by atoms with van der Waals surface area (Å²) >= 11 is 0. The average molecular weight is 309 g/mol. The van der Waals surface area contributed by atoms with E-state index >= 15 is 0 Å². The van der Waals surface area contributed by atoms with Crippen molar-refractivity contribution in [1.29, 1.82) is 0 Å². The minimum absolute atomic E-state index is 0.359. The van der Waals surface area contributed by atoms with Crippen LogP contribution < -0.4 is 4.90 Å². The molecule has 4 rings (SSSR count). The number of aromatic nitrogens is 4. The van der Waals surface area contributed by atoms with Gasteiger partial charge >= 0.3 is 0 Å². The molecular formula is C18H23N5. The Morgan fingerprint density at radius 3 is 2.74 bits per heavy atom. The van der Waals surface area contributed by atoms with Crippen LogP contribution in [0.5, 0.6) is 0 Å². The number of rotatable bonds is 3. The van der Waals surface area contributed by atoms with Crippen LogP contribution >= 0.6 is 0 Å². The van der Waals surface area contributed by atoms with Gasteiger partial charge < -0.3 is 4.90 Å². The van der Waals surface area contributed by atoms with Gasteiger partial charge in [-0.3, -0.25) is 4.68 Å². The lowest BCUT2D eigenvalue weighted by Crippen LogP contribution is -2.39. The highest BCUT2D eigenvalue weighted by atomic mass is 15.3. The Balaban J connectivity index is 1.67. The third-order valence-electron chi connectivity index (χ3n) is 4.99. The van der Waals surface area contributed by atoms with Crippen LogP contribution in [0.4, 0.5) is 5.82 Å². The van der Waals surface area contributed by atoms with E-state index in [-0.39, 0.29) is 0 Å². The van der Waals surface area contributed by atoms with E-state index in [2.05, 4.69) is 47.0 Å². The molecule has 1 fully saturated rings. The molecule has 5 nitrogen and oxygen atoms in total. The molecule has 0 aromatic carbocycles. The van der Waals surface area contributed by atoms with Crippen LogP contribution in [0.2, 0.25) is 0 Å². The molecule has 2 aliphatic heterocycles. The Bertz CT molecular complexity index is 745. The van der Waals surface area contributed by atoms with Crippen LogP contribution in [-0.4, -0.2) is 31.8 Å². The van der Waals surface area contributed by atoms with Crippen LogP contribution in [-0.2, 0) is 7.05 Å². The Labute approximate surface area is 137 Å². The second-order valence-electron chi connectivity index (χ2n) is 6.87. The Morgan fingerprint density at radius 2 is 2.04 bits per heavy atom. The monoisotopic (exact) mass is 309 g/mol. The first kappa shape index (κ1) is 14.4. The first-order valence-electron chi connectivity index (χ1n) is 8.44. The summed E-state index contributed by atoms with van der Waals surface area (Å²) in [5.41, 5.74) is 2.67. The topological polar surface area (TPSA) is 46.8 Å². The third kappa shape index (κ3) is 2.44. The van der Waals surface area contributed by atoms with Gasteiger partial charge in [-0.25, -0.2) is 9.97 Å². The summed E-state index contributed by atoms with van der Waals surface area (Å²) in [5, 5.41) is 4.31. The van der Waals surface area contributed by atoms with E-state index < -0.39 is 0 Å². The van der Waals surface area contributed by atoms with E-state index in [9.17, 15) is 0 Å². The van der Waals surface area contributed by atoms with Gasteiger partial charge in [-0.2, -0.15) is 5.10 Å². The van der Waals surface area contributed by atoms with Gasteiger partial charge in [-0.1, -0.05) is 19.9 Å². The summed E-state index contributed by atoms with van der Waals surface area (Å²) in [6.45, 7) is 4.29. The van der Waals surface area contributed by atoms with E-state index in [1.54, 1.807) is 0 Å². The van der Waals surface area contributed by atoms with Crippen LogP contribution in [0.1, 0.15) is 50.5 Å². The van der Waals surface area contributed by atoms with Crippen molar-refractivity contribution in [3.8, 4) is 0 Å². The first-order chi connectivity index (χ1) is 11.1. The van der Waals surface area contributed by atoms with E-state index in [0.29, 0.717) is 18.0 Å². The van der Waals surface area contributed by atoms with Crippen LogP contribution in [0.15, 0.2) is 30.6 Å². The standard InChI is InChI=1S/C18H23N5/c1-12(2)18-19-8-7-17(21-18)23-14-4-5-15(23)11-13(10-14)16-6-9-20-22(16)3/h6-10,12,14-15H,4-5,11H2,1-3H3. The predicted molar refractivity (Wildman–Crippen MR) is 91.2 cm³/mol. The number of aryl methyl sites for hydroxylation is 1. The lowest BCUT2D eigenvalue weighted by Gasteiger charge is -2.35. The van der Waals surface area contributed by atoms with E-state index in [1.165, 1.54) is 24.1 Å². The van der Waals surface area contributed by atoms with Gasteiger partial charge in [0.25, 0.3) is 0 Å². The molecule has 2 aliphatic rings. The summed E-state index contributed by atoms with van der Waals surface area (Å²) in [6.07, 6.45) is 9.69. The third-order valence-corrected chi connectivity index (χ3v) is 4.99. The normalized spacial score (nSPS) is 23.5. The van der Waals surface area contributed by atoms with Crippen LogP contribution in [0, 0.1) is 0 Å². The summed E-state index contributed by atoms with van der Waals surface area (Å²) in [6, 6.07) is 5.14. The summed E-state index contributed by atoms with van der Waals surface area (Å²) in [7, 11) is 2.02. The molecule has 0 spiro atoms. The zero-order valence-electron chi connectivity index (χ0n) is 14.0. The van der Waals surface area contributed by atoms with Crippen molar-refractivity contribution in [2.45, 2.75) is 51.1 Å². The van der Waals surface area contributed by atoms with Crippen molar-refractivity contribution in [2.75, 3.05) is 4.90 Å². The molecule has 4 heterocycles. The number of fused-ring (bicyclic) bond motifs is 2. The van der Waals surface area contributed by atoms with Crippen molar-refractivity contribution in [3.05, 3.63) is 42.1 Å². The van der Waals surface area contributed by atoms with Crippen molar-refractivity contribution in [2.24, 2.45) is 7.05 Å². The summed E-state index contributed by atoms with van der Waals surface area (Å²) in [5.74, 6) is 2.37. The van der Waals surface area contributed by atoms with Gasteiger partial charge in [-0.05, 0) is 37.0 Å². The van der Waals surface area contributed by atoms with Gasteiger partial charge in [0.1, 0.15) is 11.6 Å². The summed E-state index contributed by atoms with van der Waals surface area (Å²) in [4.78, 5) is 11.7. The molecule has 0 saturated carbocycles. The molecule has 0 aliphatic carbocycles. The molecule has 2 bridgehead atoms. The van der Waals surface area contributed by atoms with Gasteiger partial charge in [0.05, 0.1) is 5.69 Å². The lowest BCUT2D eigenvalue weighted by atomic mass is 9.98. The fourth-order valence-electron chi connectivity index (χ4n) is 3.85. The highest BCUT2D eigenvalue weighted by molar-refractivity contribution is 5.68. The zero-order chi connectivity index (χ0) is 16.0. The number of hydrogen-bond donors (Lipinski definition) is 0. The molecule has 5 heteroatoms. The fourth-order valence-corrected chi connectivity index (χ4v) is 3.85. The van der Waals surface area contributed by atoms with E-state index in [4.69, 9.17) is 4.98 Å². The maximum Gasteiger partial charge on any atom is 0.133 e. The molecule has 0 radical (unpaired) electrons. The van der Waals surface area contributed by atoms with E-state index in [0.717, 1.165) is 18.1 Å².